The molecule has 0 saturated carbocycles. The summed E-state index contributed by atoms with van der Waals surface area (Å²) in [6.07, 6.45) is 5.96. The van der Waals surface area contributed by atoms with Crippen molar-refractivity contribution < 1.29 is 4.79 Å². The molecule has 0 bridgehead atoms. The molecule has 0 radical (unpaired) electrons. The lowest BCUT2D eigenvalue weighted by molar-refractivity contribution is -0.117. The largest absolute Gasteiger partial charge is 0.325 e. The van der Waals surface area contributed by atoms with E-state index >= 15 is 0 Å². The number of fused-ring (bicyclic) bond motifs is 1. The monoisotopic (exact) mass is 301 g/mol. The quantitative estimate of drug-likeness (QED) is 0.875. The fourth-order valence-electron chi connectivity index (χ4n) is 3.69. The van der Waals surface area contributed by atoms with Gasteiger partial charge in [-0.1, -0.05) is 6.07 Å². The minimum atomic E-state index is 0.116. The average Bonchev–Trinajstić information content (AvgIpc) is 2.97. The molecule has 22 heavy (non-hydrogen) atoms. The molecule has 1 aromatic carbocycles. The van der Waals surface area contributed by atoms with Gasteiger partial charge >= 0.3 is 0 Å². The molecule has 0 atom stereocenters. The third-order valence-corrected chi connectivity index (χ3v) is 4.95. The minimum absolute atomic E-state index is 0.116. The molecule has 2 aliphatic rings. The third-order valence-electron chi connectivity index (χ3n) is 4.95. The number of nitrogens with zero attached hydrogens (tertiary/aromatic N) is 1. The first-order chi connectivity index (χ1) is 10.7. The van der Waals surface area contributed by atoms with Gasteiger partial charge in [0.15, 0.2) is 0 Å². The Morgan fingerprint density at radius 1 is 1.23 bits per heavy atom. The van der Waals surface area contributed by atoms with Crippen LogP contribution in [0.2, 0.25) is 0 Å². The number of amides is 1. The highest BCUT2D eigenvalue weighted by Crippen LogP contribution is 2.25. The summed E-state index contributed by atoms with van der Waals surface area (Å²) >= 11 is 0. The lowest BCUT2D eigenvalue weighted by Crippen LogP contribution is -2.40. The SMILES string of the molecule is CNCC1CCN(CC(=O)Nc2ccc3c(c2)CCC3)CC1. The van der Waals surface area contributed by atoms with E-state index in [4.69, 9.17) is 0 Å². The van der Waals surface area contributed by atoms with Gasteiger partial charge < -0.3 is 10.6 Å². The summed E-state index contributed by atoms with van der Waals surface area (Å²) in [5.41, 5.74) is 3.81. The van der Waals surface area contributed by atoms with Gasteiger partial charge in [-0.25, -0.2) is 0 Å². The number of nitrogens with one attached hydrogen (secondary N) is 2. The molecular formula is C18H27N3O. The van der Waals surface area contributed by atoms with Gasteiger partial charge in [0.25, 0.3) is 0 Å². The highest BCUT2D eigenvalue weighted by Gasteiger charge is 2.20. The summed E-state index contributed by atoms with van der Waals surface area (Å²) in [5.74, 6) is 0.881. The Balaban J connectivity index is 1.47. The first-order valence-corrected chi connectivity index (χ1v) is 8.53. The zero-order valence-corrected chi connectivity index (χ0v) is 13.5. The van der Waals surface area contributed by atoms with E-state index in [0.717, 1.165) is 37.7 Å². The maximum Gasteiger partial charge on any atom is 0.238 e. The number of benzene rings is 1. The van der Waals surface area contributed by atoms with Crippen molar-refractivity contribution >= 4 is 11.6 Å². The Hall–Kier alpha value is -1.39. The van der Waals surface area contributed by atoms with Crippen molar-refractivity contribution in [1.82, 2.24) is 10.2 Å². The van der Waals surface area contributed by atoms with E-state index in [-0.39, 0.29) is 5.91 Å². The predicted molar refractivity (Wildman–Crippen MR) is 90.2 cm³/mol. The van der Waals surface area contributed by atoms with Crippen molar-refractivity contribution in [2.75, 3.05) is 38.5 Å². The van der Waals surface area contributed by atoms with Crippen LogP contribution in [0.4, 0.5) is 5.69 Å². The van der Waals surface area contributed by atoms with Crippen molar-refractivity contribution in [3.05, 3.63) is 29.3 Å². The van der Waals surface area contributed by atoms with Crippen LogP contribution in [0.1, 0.15) is 30.4 Å². The molecule has 1 aliphatic carbocycles. The van der Waals surface area contributed by atoms with Crippen LogP contribution >= 0.6 is 0 Å². The molecule has 0 spiro atoms. The number of likely N-dealkylation sites (tertiary alicyclic amines) is 1. The molecule has 1 aromatic rings. The molecule has 1 heterocycles. The van der Waals surface area contributed by atoms with E-state index in [2.05, 4.69) is 27.7 Å². The Bertz CT molecular complexity index is 521. The van der Waals surface area contributed by atoms with Crippen molar-refractivity contribution in [1.29, 1.82) is 0 Å². The van der Waals surface area contributed by atoms with Crippen LogP contribution in [0.3, 0.4) is 0 Å². The Morgan fingerprint density at radius 3 is 2.77 bits per heavy atom. The molecular weight excluding hydrogens is 274 g/mol. The van der Waals surface area contributed by atoms with Gasteiger partial charge in [0.2, 0.25) is 5.91 Å². The smallest absolute Gasteiger partial charge is 0.238 e. The number of anilines is 1. The Labute approximate surface area is 133 Å². The molecule has 4 heteroatoms. The van der Waals surface area contributed by atoms with Crippen LogP contribution in [0.25, 0.3) is 0 Å². The number of carbonyl (C=O) groups excluding carboxylic acids is 1. The predicted octanol–water partition coefficient (Wildman–Crippen LogP) is 2.05. The fourth-order valence-corrected chi connectivity index (χ4v) is 3.69. The second-order valence-electron chi connectivity index (χ2n) is 6.66. The van der Waals surface area contributed by atoms with Crippen LogP contribution in [-0.2, 0) is 17.6 Å². The summed E-state index contributed by atoms with van der Waals surface area (Å²) in [5, 5.41) is 6.31. The molecule has 2 N–H and O–H groups in total. The van der Waals surface area contributed by atoms with Gasteiger partial charge in [-0.05, 0) is 88.0 Å². The lowest BCUT2D eigenvalue weighted by atomic mass is 9.97. The standard InChI is InChI=1S/C18H27N3O/c1-19-12-14-7-9-21(10-8-14)13-18(22)20-17-6-5-15-3-2-4-16(15)11-17/h5-6,11,14,19H,2-4,7-10,12-13H2,1H3,(H,20,22). The molecule has 3 rings (SSSR count). The van der Waals surface area contributed by atoms with Crippen LogP contribution < -0.4 is 10.6 Å². The number of piperidine rings is 1. The number of hydrogen-bond donors (Lipinski definition) is 2. The molecule has 1 amide bonds. The van der Waals surface area contributed by atoms with Gasteiger partial charge in [0, 0.05) is 5.69 Å². The summed E-state index contributed by atoms with van der Waals surface area (Å²) < 4.78 is 0. The Morgan fingerprint density at radius 2 is 2.00 bits per heavy atom. The summed E-state index contributed by atoms with van der Waals surface area (Å²) in [6.45, 7) is 3.67. The van der Waals surface area contributed by atoms with Crippen LogP contribution in [-0.4, -0.2) is 44.0 Å². The van der Waals surface area contributed by atoms with Crippen molar-refractivity contribution in [2.45, 2.75) is 32.1 Å². The van der Waals surface area contributed by atoms with E-state index in [1.807, 2.05) is 13.1 Å². The van der Waals surface area contributed by atoms with E-state index < -0.39 is 0 Å². The topological polar surface area (TPSA) is 44.4 Å². The summed E-state index contributed by atoms with van der Waals surface area (Å²) in [6, 6.07) is 6.36. The number of carbonyl (C=O) groups is 1. The first kappa shape index (κ1) is 15.5. The Kier molecular flexibility index (Phi) is 5.11. The number of aryl methyl sites for hydroxylation is 2. The molecule has 0 aromatic heterocycles. The van der Waals surface area contributed by atoms with E-state index in [9.17, 15) is 4.79 Å². The molecule has 4 nitrogen and oxygen atoms in total. The zero-order chi connectivity index (χ0) is 15.4. The molecule has 1 fully saturated rings. The highest BCUT2D eigenvalue weighted by atomic mass is 16.2. The summed E-state index contributed by atoms with van der Waals surface area (Å²) in [4.78, 5) is 14.5. The lowest BCUT2D eigenvalue weighted by Gasteiger charge is -2.31. The second kappa shape index (κ2) is 7.25. The molecule has 0 unspecified atom stereocenters. The van der Waals surface area contributed by atoms with Crippen molar-refractivity contribution in [3.63, 3.8) is 0 Å². The molecule has 1 aliphatic heterocycles. The maximum atomic E-state index is 12.2. The fraction of sp³-hybridized carbons (Fsp3) is 0.611. The van der Waals surface area contributed by atoms with E-state index in [1.165, 1.54) is 36.8 Å². The highest BCUT2D eigenvalue weighted by molar-refractivity contribution is 5.92. The van der Waals surface area contributed by atoms with Gasteiger partial charge in [-0.3, -0.25) is 9.69 Å². The first-order valence-electron chi connectivity index (χ1n) is 8.53. The third kappa shape index (κ3) is 3.87. The van der Waals surface area contributed by atoms with Crippen LogP contribution in [0, 0.1) is 5.92 Å². The van der Waals surface area contributed by atoms with Gasteiger partial charge in [0.1, 0.15) is 0 Å². The zero-order valence-electron chi connectivity index (χ0n) is 13.5. The number of rotatable bonds is 5. The van der Waals surface area contributed by atoms with Gasteiger partial charge in [-0.2, -0.15) is 0 Å². The van der Waals surface area contributed by atoms with Crippen LogP contribution in [0.5, 0.6) is 0 Å². The van der Waals surface area contributed by atoms with Crippen molar-refractivity contribution in [3.8, 4) is 0 Å². The second-order valence-corrected chi connectivity index (χ2v) is 6.66. The molecule has 120 valence electrons. The molecule has 1 saturated heterocycles. The normalized spacial score (nSPS) is 19.1. The van der Waals surface area contributed by atoms with Crippen molar-refractivity contribution in [2.24, 2.45) is 5.92 Å². The minimum Gasteiger partial charge on any atom is -0.325 e. The van der Waals surface area contributed by atoms with E-state index in [1.54, 1.807) is 0 Å². The maximum absolute atomic E-state index is 12.2. The van der Waals surface area contributed by atoms with Crippen LogP contribution in [0.15, 0.2) is 18.2 Å². The van der Waals surface area contributed by atoms with Gasteiger partial charge in [-0.15, -0.1) is 0 Å². The number of hydrogen-bond acceptors (Lipinski definition) is 3. The van der Waals surface area contributed by atoms with E-state index in [0.29, 0.717) is 6.54 Å². The van der Waals surface area contributed by atoms with Gasteiger partial charge in [0.05, 0.1) is 6.54 Å². The average molecular weight is 301 g/mol. The summed E-state index contributed by atoms with van der Waals surface area (Å²) in [7, 11) is 2.01.